The zero-order valence-electron chi connectivity index (χ0n) is 18.7. The number of nitrogens with zero attached hydrogens (tertiary/aromatic N) is 3. The van der Waals surface area contributed by atoms with Crippen LogP contribution in [0.25, 0.3) is 11.0 Å². The van der Waals surface area contributed by atoms with Crippen LogP contribution in [-0.4, -0.2) is 41.3 Å². The fraction of sp³-hybridized carbons (Fsp3) is 0.231. The minimum absolute atomic E-state index is 0.143. The maximum Gasteiger partial charge on any atom is 0.251 e. The van der Waals surface area contributed by atoms with E-state index in [9.17, 15) is 13.2 Å². The molecule has 0 saturated heterocycles. The molecule has 5 rings (SSSR count). The van der Waals surface area contributed by atoms with Crippen LogP contribution in [0.1, 0.15) is 27.9 Å². The van der Waals surface area contributed by atoms with Crippen molar-refractivity contribution in [2.24, 2.45) is 0 Å². The standard InChI is InChI=1S/C26H26N4O3S/c31-26(27-14-6-15-29-19-28-24-11-3-4-12-25(24)29)21-9-5-10-23(17-21)34(32,33)30-16-13-20-7-1-2-8-22(20)18-30/h1-5,7-12,17,19H,6,13-16,18H2,(H,27,31). The molecule has 1 aromatic heterocycles. The molecule has 1 aliphatic heterocycles. The van der Waals surface area contributed by atoms with E-state index >= 15 is 0 Å². The summed E-state index contributed by atoms with van der Waals surface area (Å²) in [5, 5.41) is 2.90. The van der Waals surface area contributed by atoms with Crippen molar-refractivity contribution in [3.8, 4) is 0 Å². The SMILES string of the molecule is O=C(NCCCn1cnc2ccccc21)c1cccc(S(=O)(=O)N2CCc3ccccc3C2)c1. The first-order valence-corrected chi connectivity index (χ1v) is 12.8. The second-order valence-corrected chi connectivity index (χ2v) is 10.4. The number of carbonyl (C=O) groups excluding carboxylic acids is 1. The van der Waals surface area contributed by atoms with Crippen LogP contribution in [0.15, 0.2) is 84.0 Å². The van der Waals surface area contributed by atoms with E-state index in [1.807, 2.05) is 48.5 Å². The molecule has 2 heterocycles. The average Bonchev–Trinajstić information content (AvgIpc) is 3.29. The third-order valence-corrected chi connectivity index (χ3v) is 8.06. The molecule has 8 heteroatoms. The van der Waals surface area contributed by atoms with E-state index in [1.165, 1.54) is 15.9 Å². The van der Waals surface area contributed by atoms with Crippen LogP contribution in [0, 0.1) is 0 Å². The zero-order valence-corrected chi connectivity index (χ0v) is 19.5. The summed E-state index contributed by atoms with van der Waals surface area (Å²) in [5.74, 6) is -0.281. The van der Waals surface area contributed by atoms with E-state index in [4.69, 9.17) is 0 Å². The summed E-state index contributed by atoms with van der Waals surface area (Å²) in [6.07, 6.45) is 3.22. The fourth-order valence-electron chi connectivity index (χ4n) is 4.36. The van der Waals surface area contributed by atoms with Gasteiger partial charge in [-0.2, -0.15) is 4.31 Å². The van der Waals surface area contributed by atoms with Crippen LogP contribution in [-0.2, 0) is 29.5 Å². The number of imidazole rings is 1. The Bertz CT molecular complexity index is 1450. The second-order valence-electron chi connectivity index (χ2n) is 8.42. The predicted molar refractivity (Wildman–Crippen MR) is 131 cm³/mol. The summed E-state index contributed by atoms with van der Waals surface area (Å²) in [6, 6.07) is 22.1. The van der Waals surface area contributed by atoms with Crippen molar-refractivity contribution in [2.45, 2.75) is 30.8 Å². The van der Waals surface area contributed by atoms with Gasteiger partial charge in [0.25, 0.3) is 5.91 Å². The van der Waals surface area contributed by atoms with Gasteiger partial charge < -0.3 is 9.88 Å². The van der Waals surface area contributed by atoms with Gasteiger partial charge >= 0.3 is 0 Å². The number of sulfonamides is 1. The molecule has 0 fully saturated rings. The average molecular weight is 475 g/mol. The Morgan fingerprint density at radius 2 is 1.76 bits per heavy atom. The lowest BCUT2D eigenvalue weighted by molar-refractivity contribution is 0.0952. The zero-order chi connectivity index (χ0) is 23.5. The summed E-state index contributed by atoms with van der Waals surface area (Å²) in [6.45, 7) is 1.98. The number of fused-ring (bicyclic) bond motifs is 2. The summed E-state index contributed by atoms with van der Waals surface area (Å²) in [5.41, 5.74) is 4.56. The lowest BCUT2D eigenvalue weighted by Crippen LogP contribution is -2.36. The van der Waals surface area contributed by atoms with Gasteiger partial charge in [0.1, 0.15) is 0 Å². The highest BCUT2D eigenvalue weighted by atomic mass is 32.2. The quantitative estimate of drug-likeness (QED) is 0.415. The van der Waals surface area contributed by atoms with E-state index in [-0.39, 0.29) is 10.8 Å². The number of para-hydroxylation sites is 2. The number of nitrogens with one attached hydrogen (secondary N) is 1. The minimum atomic E-state index is -3.69. The van der Waals surface area contributed by atoms with Crippen molar-refractivity contribution < 1.29 is 13.2 Å². The van der Waals surface area contributed by atoms with Crippen LogP contribution in [0.3, 0.4) is 0 Å². The number of amides is 1. The normalized spacial score (nSPS) is 14.1. The first-order chi connectivity index (χ1) is 16.5. The van der Waals surface area contributed by atoms with Crippen molar-refractivity contribution in [2.75, 3.05) is 13.1 Å². The second kappa shape index (κ2) is 9.40. The Morgan fingerprint density at radius 3 is 2.65 bits per heavy atom. The van der Waals surface area contributed by atoms with Crippen LogP contribution in [0.4, 0.5) is 0 Å². The minimum Gasteiger partial charge on any atom is -0.352 e. The molecule has 1 amide bonds. The van der Waals surface area contributed by atoms with Gasteiger partial charge in [-0.05, 0) is 54.3 Å². The highest BCUT2D eigenvalue weighted by Gasteiger charge is 2.28. The molecule has 0 bridgehead atoms. The number of benzene rings is 3. The molecule has 174 valence electrons. The van der Waals surface area contributed by atoms with E-state index < -0.39 is 10.0 Å². The van der Waals surface area contributed by atoms with Gasteiger partial charge in [0.2, 0.25) is 10.0 Å². The Balaban J connectivity index is 1.21. The summed E-state index contributed by atoms with van der Waals surface area (Å²) in [7, 11) is -3.69. The molecule has 7 nitrogen and oxygen atoms in total. The maximum atomic E-state index is 13.3. The fourth-order valence-corrected chi connectivity index (χ4v) is 5.83. The molecule has 1 aliphatic rings. The Kier molecular flexibility index (Phi) is 6.17. The number of hydrogen-bond acceptors (Lipinski definition) is 4. The van der Waals surface area contributed by atoms with Crippen LogP contribution in [0.5, 0.6) is 0 Å². The predicted octanol–water partition coefficient (Wildman–Crippen LogP) is 3.60. The molecule has 0 radical (unpaired) electrons. The highest BCUT2D eigenvalue weighted by Crippen LogP contribution is 2.25. The number of aryl methyl sites for hydroxylation is 1. The van der Waals surface area contributed by atoms with E-state index in [0.29, 0.717) is 31.6 Å². The topological polar surface area (TPSA) is 84.3 Å². The molecule has 3 aromatic carbocycles. The van der Waals surface area contributed by atoms with Gasteiger partial charge in [0.05, 0.1) is 22.3 Å². The lowest BCUT2D eigenvalue weighted by atomic mass is 10.0. The van der Waals surface area contributed by atoms with Crippen molar-refractivity contribution in [3.05, 3.63) is 95.8 Å². The van der Waals surface area contributed by atoms with Gasteiger partial charge in [0.15, 0.2) is 0 Å². The Hall–Kier alpha value is -3.49. The van der Waals surface area contributed by atoms with Crippen LogP contribution in [0.2, 0.25) is 0 Å². The first kappa shape index (κ1) is 22.3. The molecule has 4 aromatic rings. The van der Waals surface area contributed by atoms with Gasteiger partial charge in [-0.1, -0.05) is 42.5 Å². The first-order valence-electron chi connectivity index (χ1n) is 11.4. The van der Waals surface area contributed by atoms with Gasteiger partial charge in [-0.15, -0.1) is 0 Å². The van der Waals surface area contributed by atoms with E-state index in [0.717, 1.165) is 29.6 Å². The number of aromatic nitrogens is 2. The molecule has 0 spiro atoms. The van der Waals surface area contributed by atoms with Gasteiger partial charge in [-0.25, -0.2) is 13.4 Å². The monoisotopic (exact) mass is 474 g/mol. The Labute approximate surface area is 199 Å². The van der Waals surface area contributed by atoms with Crippen molar-refractivity contribution >= 4 is 27.0 Å². The van der Waals surface area contributed by atoms with Crippen molar-refractivity contribution in [1.82, 2.24) is 19.2 Å². The largest absolute Gasteiger partial charge is 0.352 e. The number of rotatable bonds is 7. The molecule has 34 heavy (non-hydrogen) atoms. The summed E-state index contributed by atoms with van der Waals surface area (Å²) >= 11 is 0. The summed E-state index contributed by atoms with van der Waals surface area (Å²) < 4.78 is 30.1. The van der Waals surface area contributed by atoms with Crippen LogP contribution >= 0.6 is 0 Å². The maximum absolute atomic E-state index is 13.3. The molecule has 0 atom stereocenters. The molecular weight excluding hydrogens is 448 g/mol. The van der Waals surface area contributed by atoms with Gasteiger partial charge in [-0.3, -0.25) is 4.79 Å². The van der Waals surface area contributed by atoms with Crippen LogP contribution < -0.4 is 5.32 Å². The molecular formula is C26H26N4O3S. The molecule has 1 N–H and O–H groups in total. The van der Waals surface area contributed by atoms with Gasteiger partial charge in [0, 0.05) is 31.7 Å². The van der Waals surface area contributed by atoms with Crippen molar-refractivity contribution in [1.29, 1.82) is 0 Å². The summed E-state index contributed by atoms with van der Waals surface area (Å²) in [4.78, 5) is 17.2. The van der Waals surface area contributed by atoms with Crippen molar-refractivity contribution in [3.63, 3.8) is 0 Å². The third kappa shape index (κ3) is 4.47. The molecule has 0 aliphatic carbocycles. The van der Waals surface area contributed by atoms with E-state index in [2.05, 4.69) is 14.9 Å². The number of hydrogen-bond donors (Lipinski definition) is 1. The lowest BCUT2D eigenvalue weighted by Gasteiger charge is -2.28. The third-order valence-electron chi connectivity index (χ3n) is 6.22. The molecule has 0 unspecified atom stereocenters. The number of carbonyl (C=O) groups is 1. The smallest absolute Gasteiger partial charge is 0.251 e. The highest BCUT2D eigenvalue weighted by molar-refractivity contribution is 7.89. The Morgan fingerprint density at radius 1 is 0.971 bits per heavy atom. The van der Waals surface area contributed by atoms with E-state index in [1.54, 1.807) is 24.5 Å². The molecule has 0 saturated carbocycles.